The molecule has 1 aromatic rings. The summed E-state index contributed by atoms with van der Waals surface area (Å²) in [7, 11) is 0. The molecule has 1 amide bonds. The van der Waals surface area contributed by atoms with Crippen molar-refractivity contribution in [2.24, 2.45) is 0 Å². The number of alkyl carbamates (subject to hydrolysis) is 1. The standard InChI is InChI=1S/C14H18N2O5S/c1-14(2,3)21-13(18)15-7-5-4-6-10-8-11(9-17)22-12(10)16(19)20/h4,6,8-9H,5,7H2,1-3H3,(H,15,18). The summed E-state index contributed by atoms with van der Waals surface area (Å²) < 4.78 is 5.07. The van der Waals surface area contributed by atoms with Gasteiger partial charge < -0.3 is 10.1 Å². The topological polar surface area (TPSA) is 98.5 Å². The van der Waals surface area contributed by atoms with Crippen LogP contribution in [0, 0.1) is 10.1 Å². The van der Waals surface area contributed by atoms with Crippen LogP contribution in [-0.4, -0.2) is 29.4 Å². The molecule has 120 valence electrons. The molecule has 7 nitrogen and oxygen atoms in total. The molecule has 0 atom stereocenters. The van der Waals surface area contributed by atoms with Crippen LogP contribution >= 0.6 is 11.3 Å². The van der Waals surface area contributed by atoms with Crippen LogP contribution in [0.15, 0.2) is 12.1 Å². The van der Waals surface area contributed by atoms with Gasteiger partial charge in [0.05, 0.1) is 15.4 Å². The Hall–Kier alpha value is -2.22. The molecule has 8 heteroatoms. The number of nitrogens with one attached hydrogen (secondary N) is 1. The molecule has 1 rings (SSSR count). The van der Waals surface area contributed by atoms with Gasteiger partial charge in [-0.15, -0.1) is 0 Å². The number of aldehydes is 1. The number of nitrogens with zero attached hydrogens (tertiary/aromatic N) is 1. The Bertz CT molecular complexity index is 587. The number of carbonyl (C=O) groups excluding carboxylic acids is 2. The van der Waals surface area contributed by atoms with Gasteiger partial charge in [-0.25, -0.2) is 4.79 Å². The lowest BCUT2D eigenvalue weighted by Crippen LogP contribution is -2.32. The summed E-state index contributed by atoms with van der Waals surface area (Å²) in [5.74, 6) is 0. The zero-order valence-corrected chi connectivity index (χ0v) is 13.4. The third kappa shape index (κ3) is 6.04. The molecule has 0 aliphatic heterocycles. The van der Waals surface area contributed by atoms with Crippen LogP contribution in [0.3, 0.4) is 0 Å². The highest BCUT2D eigenvalue weighted by atomic mass is 32.1. The molecule has 0 bridgehead atoms. The first-order valence-electron chi connectivity index (χ1n) is 6.59. The molecule has 0 aliphatic carbocycles. The molecule has 1 N–H and O–H groups in total. The van der Waals surface area contributed by atoms with Gasteiger partial charge in [0.15, 0.2) is 6.29 Å². The average molecular weight is 326 g/mol. The molecule has 0 radical (unpaired) electrons. The summed E-state index contributed by atoms with van der Waals surface area (Å²) in [6.07, 6.45) is 3.83. The highest BCUT2D eigenvalue weighted by Crippen LogP contribution is 2.30. The van der Waals surface area contributed by atoms with Gasteiger partial charge >= 0.3 is 11.1 Å². The second-order valence-electron chi connectivity index (χ2n) is 5.40. The molecule has 0 unspecified atom stereocenters. The van der Waals surface area contributed by atoms with E-state index in [9.17, 15) is 19.7 Å². The Morgan fingerprint density at radius 3 is 2.73 bits per heavy atom. The van der Waals surface area contributed by atoms with E-state index in [4.69, 9.17) is 4.74 Å². The van der Waals surface area contributed by atoms with Gasteiger partial charge in [-0.2, -0.15) is 0 Å². The lowest BCUT2D eigenvalue weighted by Gasteiger charge is -2.19. The number of ether oxygens (including phenoxy) is 1. The maximum absolute atomic E-state index is 11.4. The van der Waals surface area contributed by atoms with Crippen molar-refractivity contribution in [2.75, 3.05) is 6.54 Å². The van der Waals surface area contributed by atoms with Crippen LogP contribution in [0.2, 0.25) is 0 Å². The maximum Gasteiger partial charge on any atom is 0.407 e. The van der Waals surface area contributed by atoms with E-state index in [-0.39, 0.29) is 5.00 Å². The molecule has 0 aliphatic rings. The van der Waals surface area contributed by atoms with Crippen LogP contribution in [0.1, 0.15) is 42.4 Å². The number of thiophene rings is 1. The molecule has 1 aromatic heterocycles. The van der Waals surface area contributed by atoms with E-state index in [0.29, 0.717) is 29.7 Å². The van der Waals surface area contributed by atoms with E-state index in [1.54, 1.807) is 32.9 Å². The van der Waals surface area contributed by atoms with E-state index in [2.05, 4.69) is 5.32 Å². The zero-order valence-electron chi connectivity index (χ0n) is 12.6. The Kier molecular flexibility index (Phi) is 6.24. The Morgan fingerprint density at radius 1 is 1.50 bits per heavy atom. The minimum atomic E-state index is -0.553. The van der Waals surface area contributed by atoms with Gasteiger partial charge in [-0.05, 0) is 33.3 Å². The summed E-state index contributed by atoms with van der Waals surface area (Å²) in [4.78, 5) is 32.7. The fraction of sp³-hybridized carbons (Fsp3) is 0.429. The number of nitro groups is 1. The fourth-order valence-electron chi connectivity index (χ4n) is 1.52. The van der Waals surface area contributed by atoms with E-state index < -0.39 is 16.6 Å². The van der Waals surface area contributed by atoms with Gasteiger partial charge in [-0.1, -0.05) is 23.5 Å². The first kappa shape index (κ1) is 17.8. The van der Waals surface area contributed by atoms with Crippen molar-refractivity contribution in [1.82, 2.24) is 5.32 Å². The Labute approximate surface area is 132 Å². The van der Waals surface area contributed by atoms with Crippen molar-refractivity contribution < 1.29 is 19.2 Å². The molecule has 0 saturated carbocycles. The van der Waals surface area contributed by atoms with Crippen molar-refractivity contribution in [1.29, 1.82) is 0 Å². The summed E-state index contributed by atoms with van der Waals surface area (Å²) in [5, 5.41) is 13.4. The van der Waals surface area contributed by atoms with Crippen molar-refractivity contribution in [3.8, 4) is 0 Å². The minimum Gasteiger partial charge on any atom is -0.444 e. The number of hydrogen-bond donors (Lipinski definition) is 1. The first-order valence-corrected chi connectivity index (χ1v) is 7.41. The van der Waals surface area contributed by atoms with E-state index in [1.165, 1.54) is 6.07 Å². The van der Waals surface area contributed by atoms with Crippen LogP contribution in [0.5, 0.6) is 0 Å². The van der Waals surface area contributed by atoms with Gasteiger partial charge in [0.1, 0.15) is 5.60 Å². The third-order valence-corrected chi connectivity index (χ3v) is 3.35. The second-order valence-corrected chi connectivity index (χ2v) is 6.47. The SMILES string of the molecule is CC(C)(C)OC(=O)NCCC=Cc1cc(C=O)sc1[N+](=O)[O-]. The lowest BCUT2D eigenvalue weighted by atomic mass is 10.2. The Morgan fingerprint density at radius 2 is 2.18 bits per heavy atom. The molecule has 0 spiro atoms. The van der Waals surface area contributed by atoms with E-state index >= 15 is 0 Å². The monoisotopic (exact) mass is 326 g/mol. The Balaban J connectivity index is 2.50. The van der Waals surface area contributed by atoms with Crippen molar-refractivity contribution >= 4 is 34.8 Å². The van der Waals surface area contributed by atoms with Crippen LogP contribution in [0.4, 0.5) is 9.80 Å². The summed E-state index contributed by atoms with van der Waals surface area (Å²) in [6.45, 7) is 5.66. The average Bonchev–Trinajstić information content (AvgIpc) is 2.79. The second kappa shape index (κ2) is 7.69. The molecular formula is C14H18N2O5S. The number of hydrogen-bond acceptors (Lipinski definition) is 6. The van der Waals surface area contributed by atoms with Crippen LogP contribution < -0.4 is 5.32 Å². The maximum atomic E-state index is 11.4. The van der Waals surface area contributed by atoms with Gasteiger partial charge in [-0.3, -0.25) is 14.9 Å². The minimum absolute atomic E-state index is 0.0709. The molecular weight excluding hydrogens is 308 g/mol. The van der Waals surface area contributed by atoms with Gasteiger partial charge in [0.25, 0.3) is 0 Å². The smallest absolute Gasteiger partial charge is 0.407 e. The lowest BCUT2D eigenvalue weighted by molar-refractivity contribution is -0.380. The van der Waals surface area contributed by atoms with Crippen molar-refractivity contribution in [2.45, 2.75) is 32.8 Å². The van der Waals surface area contributed by atoms with Crippen molar-refractivity contribution in [3.63, 3.8) is 0 Å². The quantitative estimate of drug-likeness (QED) is 0.374. The summed E-state index contributed by atoms with van der Waals surface area (Å²) >= 11 is 0.835. The molecule has 0 fully saturated rings. The molecule has 22 heavy (non-hydrogen) atoms. The highest BCUT2D eigenvalue weighted by Gasteiger charge is 2.17. The largest absolute Gasteiger partial charge is 0.444 e. The van der Waals surface area contributed by atoms with Gasteiger partial charge in [0, 0.05) is 6.54 Å². The van der Waals surface area contributed by atoms with Crippen LogP contribution in [0.25, 0.3) is 6.08 Å². The van der Waals surface area contributed by atoms with E-state index in [1.807, 2.05) is 0 Å². The molecule has 0 aromatic carbocycles. The number of rotatable bonds is 6. The predicted molar refractivity (Wildman–Crippen MR) is 84.2 cm³/mol. The number of amides is 1. The highest BCUT2D eigenvalue weighted by molar-refractivity contribution is 7.17. The predicted octanol–water partition coefficient (Wildman–Crippen LogP) is 3.40. The normalized spacial score (nSPS) is 11.4. The van der Waals surface area contributed by atoms with Crippen molar-refractivity contribution in [3.05, 3.63) is 32.7 Å². The van der Waals surface area contributed by atoms with E-state index in [0.717, 1.165) is 11.3 Å². The molecule has 1 heterocycles. The van der Waals surface area contributed by atoms with Gasteiger partial charge in [0.2, 0.25) is 0 Å². The fourth-order valence-corrected chi connectivity index (χ4v) is 2.29. The summed E-state index contributed by atoms with van der Waals surface area (Å²) in [6, 6.07) is 1.47. The third-order valence-electron chi connectivity index (χ3n) is 2.32. The van der Waals surface area contributed by atoms with Crippen LogP contribution in [-0.2, 0) is 4.74 Å². The first-order chi connectivity index (χ1) is 10.2. The zero-order chi connectivity index (χ0) is 16.8. The molecule has 0 saturated heterocycles. The number of carbonyl (C=O) groups is 2. The summed E-state index contributed by atoms with van der Waals surface area (Å²) in [5.41, 5.74) is -0.169.